The Hall–Kier alpha value is -3.35. The summed E-state index contributed by atoms with van der Waals surface area (Å²) in [6, 6.07) is 13.0. The van der Waals surface area contributed by atoms with Gasteiger partial charge in [0.25, 0.3) is 6.01 Å². The number of fused-ring (bicyclic) bond motifs is 1. The van der Waals surface area contributed by atoms with Gasteiger partial charge in [0, 0.05) is 18.7 Å². The van der Waals surface area contributed by atoms with Crippen LogP contribution in [0.3, 0.4) is 0 Å². The molecule has 0 atom stereocenters. The van der Waals surface area contributed by atoms with E-state index in [1.807, 2.05) is 29.2 Å². The van der Waals surface area contributed by atoms with Gasteiger partial charge in [-0.15, -0.1) is 0 Å². The number of rotatable bonds is 5. The summed E-state index contributed by atoms with van der Waals surface area (Å²) in [5, 5.41) is 0. The van der Waals surface area contributed by atoms with E-state index in [0.717, 1.165) is 11.1 Å². The zero-order valence-corrected chi connectivity index (χ0v) is 16.4. The van der Waals surface area contributed by atoms with E-state index in [4.69, 9.17) is 13.9 Å². The molecular formula is C22H22N2O5. The van der Waals surface area contributed by atoms with Crippen LogP contribution in [0.25, 0.3) is 11.1 Å². The molecule has 0 saturated carbocycles. The van der Waals surface area contributed by atoms with E-state index < -0.39 is 0 Å². The first-order valence-electron chi connectivity index (χ1n) is 9.56. The van der Waals surface area contributed by atoms with Gasteiger partial charge in [-0.25, -0.2) is 0 Å². The van der Waals surface area contributed by atoms with Gasteiger partial charge < -0.3 is 18.8 Å². The number of oxazole rings is 1. The van der Waals surface area contributed by atoms with Crippen LogP contribution in [0.2, 0.25) is 0 Å². The highest BCUT2D eigenvalue weighted by Gasteiger charge is 2.29. The SMILES string of the molecule is COc1cc(C(C)=O)ccc1OC(=O)C1CCN(c2nc3ccccc3o2)CC1. The fourth-order valence-corrected chi connectivity index (χ4v) is 3.46. The molecule has 0 radical (unpaired) electrons. The van der Waals surface area contributed by atoms with Gasteiger partial charge in [0.1, 0.15) is 5.52 Å². The highest BCUT2D eigenvalue weighted by Crippen LogP contribution is 2.31. The molecule has 150 valence electrons. The second-order valence-corrected chi connectivity index (χ2v) is 7.07. The van der Waals surface area contributed by atoms with Gasteiger partial charge in [0.15, 0.2) is 22.9 Å². The normalized spacial score (nSPS) is 14.8. The number of aromatic nitrogens is 1. The summed E-state index contributed by atoms with van der Waals surface area (Å²) < 4.78 is 16.7. The standard InChI is InChI=1S/C22H22N2O5/c1-14(25)16-7-8-19(20(13-16)27-2)28-21(26)15-9-11-24(12-10-15)22-23-17-5-3-4-6-18(17)29-22/h3-8,13,15H,9-12H2,1-2H3. The first-order chi connectivity index (χ1) is 14.0. The zero-order valence-electron chi connectivity index (χ0n) is 16.4. The molecule has 1 fully saturated rings. The predicted octanol–water partition coefficient (Wildman–Crippen LogP) is 3.86. The first-order valence-corrected chi connectivity index (χ1v) is 9.56. The van der Waals surface area contributed by atoms with E-state index in [-0.39, 0.29) is 17.7 Å². The number of carbonyl (C=O) groups excluding carboxylic acids is 2. The Morgan fingerprint density at radius 3 is 2.55 bits per heavy atom. The van der Waals surface area contributed by atoms with Crippen LogP contribution in [0, 0.1) is 5.92 Å². The molecule has 0 amide bonds. The lowest BCUT2D eigenvalue weighted by atomic mass is 9.97. The number of hydrogen-bond donors (Lipinski definition) is 0. The molecule has 2 aromatic carbocycles. The molecule has 7 nitrogen and oxygen atoms in total. The van der Waals surface area contributed by atoms with Crippen molar-refractivity contribution in [3.8, 4) is 11.5 Å². The maximum absolute atomic E-state index is 12.6. The maximum atomic E-state index is 12.6. The lowest BCUT2D eigenvalue weighted by Gasteiger charge is -2.29. The number of esters is 1. The molecule has 0 aliphatic carbocycles. The summed E-state index contributed by atoms with van der Waals surface area (Å²) in [6.45, 7) is 2.80. The quantitative estimate of drug-likeness (QED) is 0.369. The topological polar surface area (TPSA) is 81.9 Å². The van der Waals surface area contributed by atoms with E-state index >= 15 is 0 Å². The minimum atomic E-state index is -0.295. The smallest absolute Gasteiger partial charge is 0.314 e. The number of anilines is 1. The molecule has 1 aliphatic rings. The van der Waals surface area contributed by atoms with Gasteiger partial charge in [-0.05, 0) is 50.1 Å². The van der Waals surface area contributed by atoms with Gasteiger partial charge in [-0.3, -0.25) is 9.59 Å². The van der Waals surface area contributed by atoms with Crippen molar-refractivity contribution >= 4 is 28.9 Å². The van der Waals surface area contributed by atoms with Gasteiger partial charge in [-0.1, -0.05) is 12.1 Å². The zero-order chi connectivity index (χ0) is 20.4. The second-order valence-electron chi connectivity index (χ2n) is 7.07. The molecule has 2 heterocycles. The Labute approximate surface area is 168 Å². The highest BCUT2D eigenvalue weighted by atomic mass is 16.6. The summed E-state index contributed by atoms with van der Waals surface area (Å²) in [5.74, 6) is 0.107. The van der Waals surface area contributed by atoms with Crippen LogP contribution >= 0.6 is 0 Å². The van der Waals surface area contributed by atoms with E-state index in [1.165, 1.54) is 14.0 Å². The molecule has 29 heavy (non-hydrogen) atoms. The number of hydrogen-bond acceptors (Lipinski definition) is 7. The van der Waals surface area contributed by atoms with Gasteiger partial charge in [0.2, 0.25) is 0 Å². The van der Waals surface area contributed by atoms with Crippen molar-refractivity contribution in [1.82, 2.24) is 4.98 Å². The Bertz CT molecular complexity index is 1020. The van der Waals surface area contributed by atoms with Crippen LogP contribution in [-0.4, -0.2) is 36.9 Å². The number of ether oxygens (including phenoxy) is 2. The highest BCUT2D eigenvalue weighted by molar-refractivity contribution is 5.94. The van der Waals surface area contributed by atoms with Gasteiger partial charge >= 0.3 is 5.97 Å². The number of para-hydroxylation sites is 2. The molecule has 1 aliphatic heterocycles. The van der Waals surface area contributed by atoms with Crippen molar-refractivity contribution < 1.29 is 23.5 Å². The van der Waals surface area contributed by atoms with Crippen LogP contribution in [-0.2, 0) is 4.79 Å². The van der Waals surface area contributed by atoms with Crippen LogP contribution in [0.1, 0.15) is 30.1 Å². The molecular weight excluding hydrogens is 372 g/mol. The minimum absolute atomic E-state index is 0.0762. The van der Waals surface area contributed by atoms with Crippen LogP contribution in [0.4, 0.5) is 6.01 Å². The Kier molecular flexibility index (Phi) is 5.20. The van der Waals surface area contributed by atoms with Crippen molar-refractivity contribution in [3.63, 3.8) is 0 Å². The number of nitrogens with zero attached hydrogens (tertiary/aromatic N) is 2. The molecule has 1 saturated heterocycles. The molecule has 3 aromatic rings. The fraction of sp³-hybridized carbons (Fsp3) is 0.318. The van der Waals surface area contributed by atoms with E-state index in [9.17, 15) is 9.59 Å². The minimum Gasteiger partial charge on any atom is -0.493 e. The third-order valence-electron chi connectivity index (χ3n) is 5.16. The Balaban J connectivity index is 1.39. The number of ketones is 1. The van der Waals surface area contributed by atoms with E-state index in [2.05, 4.69) is 4.98 Å². The Morgan fingerprint density at radius 1 is 1.10 bits per heavy atom. The lowest BCUT2D eigenvalue weighted by Crippen LogP contribution is -2.37. The number of benzene rings is 2. The largest absolute Gasteiger partial charge is 0.493 e. The number of methoxy groups -OCH3 is 1. The summed E-state index contributed by atoms with van der Waals surface area (Å²) in [7, 11) is 1.48. The maximum Gasteiger partial charge on any atom is 0.314 e. The number of piperidine rings is 1. The van der Waals surface area contributed by atoms with E-state index in [1.54, 1.807) is 18.2 Å². The second kappa shape index (κ2) is 7.95. The van der Waals surface area contributed by atoms with Crippen molar-refractivity contribution in [2.75, 3.05) is 25.1 Å². The van der Waals surface area contributed by atoms with E-state index in [0.29, 0.717) is 49.0 Å². The molecule has 1 aromatic heterocycles. The summed E-state index contributed by atoms with van der Waals surface area (Å²) >= 11 is 0. The first kappa shape index (κ1) is 19.0. The van der Waals surface area contributed by atoms with Crippen LogP contribution in [0.15, 0.2) is 46.9 Å². The average molecular weight is 394 g/mol. The van der Waals surface area contributed by atoms with Gasteiger partial charge in [-0.2, -0.15) is 4.98 Å². The number of carbonyl (C=O) groups is 2. The molecule has 4 rings (SSSR count). The van der Waals surface area contributed by atoms with Crippen LogP contribution < -0.4 is 14.4 Å². The predicted molar refractivity (Wildman–Crippen MR) is 108 cm³/mol. The fourth-order valence-electron chi connectivity index (χ4n) is 3.46. The molecule has 7 heteroatoms. The van der Waals surface area contributed by atoms with Crippen molar-refractivity contribution in [2.45, 2.75) is 19.8 Å². The van der Waals surface area contributed by atoms with Gasteiger partial charge in [0.05, 0.1) is 13.0 Å². The lowest BCUT2D eigenvalue weighted by molar-refractivity contribution is -0.139. The third-order valence-corrected chi connectivity index (χ3v) is 5.16. The van der Waals surface area contributed by atoms with Crippen molar-refractivity contribution in [3.05, 3.63) is 48.0 Å². The average Bonchev–Trinajstić information content (AvgIpc) is 3.18. The summed E-state index contributed by atoms with van der Waals surface area (Å²) in [5.41, 5.74) is 2.09. The monoisotopic (exact) mass is 394 g/mol. The Morgan fingerprint density at radius 2 is 1.86 bits per heavy atom. The molecule has 0 bridgehead atoms. The third kappa shape index (κ3) is 3.94. The van der Waals surface area contributed by atoms with Crippen LogP contribution in [0.5, 0.6) is 11.5 Å². The molecule has 0 unspecified atom stereocenters. The summed E-state index contributed by atoms with van der Waals surface area (Å²) in [6.07, 6.45) is 1.29. The van der Waals surface area contributed by atoms with Crippen molar-refractivity contribution in [2.24, 2.45) is 5.92 Å². The number of Topliss-reactive ketones (excluding diaryl/α,β-unsaturated/α-hetero) is 1. The van der Waals surface area contributed by atoms with Crippen molar-refractivity contribution in [1.29, 1.82) is 0 Å². The molecule has 0 N–H and O–H groups in total. The summed E-state index contributed by atoms with van der Waals surface area (Å²) in [4.78, 5) is 30.7. The molecule has 0 spiro atoms.